The Labute approximate surface area is 176 Å². The molecule has 0 saturated heterocycles. The summed E-state index contributed by atoms with van der Waals surface area (Å²) in [6, 6.07) is 7.76. The van der Waals surface area contributed by atoms with Gasteiger partial charge in [0.25, 0.3) is 0 Å². The number of methoxy groups -OCH3 is 2. The van der Waals surface area contributed by atoms with Gasteiger partial charge in [0.15, 0.2) is 11.5 Å². The lowest BCUT2D eigenvalue weighted by Crippen LogP contribution is -2.44. The molecular weight excluding hydrogens is 393 g/mol. The molecule has 29 heavy (non-hydrogen) atoms. The lowest BCUT2D eigenvalue weighted by molar-refractivity contribution is -0.138. The van der Waals surface area contributed by atoms with Gasteiger partial charge in [-0.15, -0.1) is 0 Å². The van der Waals surface area contributed by atoms with Gasteiger partial charge in [0.05, 0.1) is 20.3 Å². The lowest BCUT2D eigenvalue weighted by atomic mass is 9.86. The number of amides is 1. The van der Waals surface area contributed by atoms with Crippen molar-refractivity contribution in [3.63, 3.8) is 0 Å². The van der Waals surface area contributed by atoms with Gasteiger partial charge in [0.2, 0.25) is 5.91 Å². The number of ether oxygens (including phenoxy) is 2. The number of rotatable bonds is 6. The highest BCUT2D eigenvalue weighted by Crippen LogP contribution is 2.44. The molecule has 4 nitrogen and oxygen atoms in total. The van der Waals surface area contributed by atoms with E-state index in [-0.39, 0.29) is 11.8 Å². The lowest BCUT2D eigenvalue weighted by Gasteiger charge is -2.40. The molecule has 1 aliphatic heterocycles. The second-order valence-electron chi connectivity index (χ2n) is 7.24. The van der Waals surface area contributed by atoms with E-state index in [9.17, 15) is 9.18 Å². The fraction of sp³-hybridized carbons (Fsp3) is 0.435. The maximum Gasteiger partial charge on any atom is 0.226 e. The summed E-state index contributed by atoms with van der Waals surface area (Å²) in [7, 11) is 3.15. The van der Waals surface area contributed by atoms with Gasteiger partial charge in [0, 0.05) is 23.0 Å². The van der Waals surface area contributed by atoms with Crippen molar-refractivity contribution < 1.29 is 18.7 Å². The zero-order valence-electron chi connectivity index (χ0n) is 17.3. The van der Waals surface area contributed by atoms with E-state index in [1.807, 2.05) is 26.0 Å². The Morgan fingerprint density at radius 1 is 1.21 bits per heavy atom. The predicted molar refractivity (Wildman–Crippen MR) is 112 cm³/mol. The molecule has 3 rings (SSSR count). The molecule has 2 aromatic rings. The highest BCUT2D eigenvalue weighted by Gasteiger charge is 2.37. The molecule has 0 aromatic heterocycles. The smallest absolute Gasteiger partial charge is 0.226 e. The topological polar surface area (TPSA) is 38.8 Å². The molecule has 1 heterocycles. The molecule has 156 valence electrons. The van der Waals surface area contributed by atoms with E-state index in [4.69, 9.17) is 21.1 Å². The maximum atomic E-state index is 15.0. The highest BCUT2D eigenvalue weighted by molar-refractivity contribution is 6.31. The molecule has 0 unspecified atom stereocenters. The summed E-state index contributed by atoms with van der Waals surface area (Å²) in [5.41, 5.74) is 2.14. The summed E-state index contributed by atoms with van der Waals surface area (Å²) in [6.45, 7) is 4.50. The Balaban J connectivity index is 2.22. The molecule has 6 heteroatoms. The Morgan fingerprint density at radius 3 is 2.45 bits per heavy atom. The third-order valence-electron chi connectivity index (χ3n) is 5.76. The summed E-state index contributed by atoms with van der Waals surface area (Å²) >= 11 is 6.44. The van der Waals surface area contributed by atoms with E-state index in [2.05, 4.69) is 0 Å². The quantitative estimate of drug-likeness (QED) is 0.628. The van der Waals surface area contributed by atoms with Gasteiger partial charge in [-0.3, -0.25) is 4.79 Å². The molecule has 0 aliphatic carbocycles. The van der Waals surface area contributed by atoms with Crippen molar-refractivity contribution in [2.75, 3.05) is 20.8 Å². The summed E-state index contributed by atoms with van der Waals surface area (Å²) in [5, 5.41) is 0.306. The minimum absolute atomic E-state index is 0.0276. The van der Waals surface area contributed by atoms with Gasteiger partial charge in [-0.1, -0.05) is 31.5 Å². The summed E-state index contributed by atoms with van der Waals surface area (Å²) in [4.78, 5) is 15.1. The second kappa shape index (κ2) is 9.04. The number of hydrogen-bond donors (Lipinski definition) is 0. The third kappa shape index (κ3) is 3.93. The van der Waals surface area contributed by atoms with Crippen LogP contribution in [-0.4, -0.2) is 31.6 Å². The Kier molecular flexibility index (Phi) is 6.68. The normalized spacial score (nSPS) is 16.0. The van der Waals surface area contributed by atoms with Crippen LogP contribution in [0.25, 0.3) is 0 Å². The average Bonchev–Trinajstić information content (AvgIpc) is 2.73. The molecular formula is C23H27ClFNO3. The van der Waals surface area contributed by atoms with Gasteiger partial charge in [-0.2, -0.15) is 0 Å². The zero-order chi connectivity index (χ0) is 21.1. The first-order chi connectivity index (χ1) is 14.0. The number of fused-ring (bicyclic) bond motifs is 1. The molecule has 0 bridgehead atoms. The molecule has 0 fully saturated rings. The van der Waals surface area contributed by atoms with Crippen LogP contribution in [-0.2, 0) is 11.2 Å². The predicted octanol–water partition coefficient (Wildman–Crippen LogP) is 5.41. The van der Waals surface area contributed by atoms with Crippen molar-refractivity contribution in [3.05, 3.63) is 57.9 Å². The van der Waals surface area contributed by atoms with E-state index in [1.54, 1.807) is 31.3 Å². The number of carbonyl (C=O) groups excluding carboxylic acids is 1. The largest absolute Gasteiger partial charge is 0.493 e. The number of carbonyl (C=O) groups is 1. The number of halogens is 2. The Morgan fingerprint density at radius 2 is 1.86 bits per heavy atom. The fourth-order valence-corrected chi connectivity index (χ4v) is 4.41. The van der Waals surface area contributed by atoms with Crippen LogP contribution < -0.4 is 9.47 Å². The summed E-state index contributed by atoms with van der Waals surface area (Å²) < 4.78 is 25.9. The molecule has 1 atom stereocenters. The maximum absolute atomic E-state index is 15.0. The Bertz CT molecular complexity index is 878. The SMILES string of the molecule is CCC(CC)C(=O)N1CCc2cc(OC)c(OC)cc2[C@@H]1c1c(F)cccc1Cl. The van der Waals surface area contributed by atoms with Crippen LogP contribution in [0.3, 0.4) is 0 Å². The van der Waals surface area contributed by atoms with E-state index in [0.29, 0.717) is 35.1 Å². The number of benzene rings is 2. The van der Waals surface area contributed by atoms with Crippen molar-refractivity contribution in [2.24, 2.45) is 5.92 Å². The summed E-state index contributed by atoms with van der Waals surface area (Å²) in [5.74, 6) is 0.655. The van der Waals surface area contributed by atoms with Crippen LogP contribution in [0.1, 0.15) is 49.4 Å². The molecule has 0 N–H and O–H groups in total. The fourth-order valence-electron chi connectivity index (χ4n) is 4.14. The monoisotopic (exact) mass is 419 g/mol. The Hall–Kier alpha value is -2.27. The molecule has 0 spiro atoms. The minimum Gasteiger partial charge on any atom is -0.493 e. The molecule has 0 radical (unpaired) electrons. The van der Waals surface area contributed by atoms with Crippen LogP contribution in [0.4, 0.5) is 4.39 Å². The van der Waals surface area contributed by atoms with Crippen molar-refractivity contribution in [2.45, 2.75) is 39.2 Å². The van der Waals surface area contributed by atoms with Crippen LogP contribution in [0.5, 0.6) is 11.5 Å². The molecule has 0 saturated carbocycles. The minimum atomic E-state index is -0.611. The standard InChI is InChI=1S/C23H27ClFNO3/c1-5-14(6-2)23(27)26-11-10-15-12-19(28-3)20(29-4)13-16(15)22(26)21-17(24)8-7-9-18(21)25/h7-9,12-14,22H,5-6,10-11H2,1-4H3/t22-/m1/s1. The van der Waals surface area contributed by atoms with Gasteiger partial charge in [-0.05, 0) is 54.7 Å². The van der Waals surface area contributed by atoms with Crippen LogP contribution in [0.15, 0.2) is 30.3 Å². The van der Waals surface area contributed by atoms with Crippen molar-refractivity contribution >= 4 is 17.5 Å². The van der Waals surface area contributed by atoms with E-state index in [1.165, 1.54) is 6.07 Å². The van der Waals surface area contributed by atoms with Gasteiger partial charge < -0.3 is 14.4 Å². The van der Waals surface area contributed by atoms with E-state index in [0.717, 1.165) is 24.0 Å². The number of hydrogen-bond acceptors (Lipinski definition) is 3. The van der Waals surface area contributed by atoms with Crippen LogP contribution in [0.2, 0.25) is 5.02 Å². The first-order valence-electron chi connectivity index (χ1n) is 9.95. The molecule has 2 aromatic carbocycles. The molecule has 1 aliphatic rings. The molecule has 1 amide bonds. The van der Waals surface area contributed by atoms with Crippen molar-refractivity contribution in [3.8, 4) is 11.5 Å². The first kappa shape index (κ1) is 21.4. The van der Waals surface area contributed by atoms with Crippen LogP contribution in [0, 0.1) is 11.7 Å². The van der Waals surface area contributed by atoms with E-state index < -0.39 is 11.9 Å². The van der Waals surface area contributed by atoms with Gasteiger partial charge in [0.1, 0.15) is 5.82 Å². The third-order valence-corrected chi connectivity index (χ3v) is 6.09. The highest BCUT2D eigenvalue weighted by atomic mass is 35.5. The first-order valence-corrected chi connectivity index (χ1v) is 10.3. The van der Waals surface area contributed by atoms with Gasteiger partial charge in [-0.25, -0.2) is 4.39 Å². The summed E-state index contributed by atoms with van der Waals surface area (Å²) in [6.07, 6.45) is 2.13. The van der Waals surface area contributed by atoms with Crippen molar-refractivity contribution in [1.82, 2.24) is 4.90 Å². The van der Waals surface area contributed by atoms with Gasteiger partial charge >= 0.3 is 0 Å². The van der Waals surface area contributed by atoms with Crippen molar-refractivity contribution in [1.29, 1.82) is 0 Å². The second-order valence-corrected chi connectivity index (χ2v) is 7.65. The average molecular weight is 420 g/mol. The van der Waals surface area contributed by atoms with Crippen LogP contribution >= 0.6 is 11.6 Å². The van der Waals surface area contributed by atoms with E-state index >= 15 is 0 Å². The number of nitrogens with zero attached hydrogens (tertiary/aromatic N) is 1. The zero-order valence-corrected chi connectivity index (χ0v) is 18.1.